The monoisotopic (exact) mass is 301 g/mol. The zero-order valence-electron chi connectivity index (χ0n) is 12.5. The van der Waals surface area contributed by atoms with E-state index >= 15 is 0 Å². The molecule has 0 aliphatic carbocycles. The van der Waals surface area contributed by atoms with Gasteiger partial charge in [-0.2, -0.15) is 5.10 Å². The molecule has 0 bridgehead atoms. The molecule has 6 heteroatoms. The first-order valence-electron chi connectivity index (χ1n) is 7.59. The van der Waals surface area contributed by atoms with Gasteiger partial charge in [-0.1, -0.05) is 18.2 Å². The molecular weight excluding hydrogens is 282 g/mol. The van der Waals surface area contributed by atoms with Crippen molar-refractivity contribution in [2.45, 2.75) is 25.9 Å². The lowest BCUT2D eigenvalue weighted by Crippen LogP contribution is -2.43. The summed E-state index contributed by atoms with van der Waals surface area (Å²) in [6.45, 7) is 3.86. The number of hydrogen-bond donors (Lipinski definition) is 1. The molecule has 116 valence electrons. The zero-order chi connectivity index (χ0) is 15.5. The summed E-state index contributed by atoms with van der Waals surface area (Å²) in [6.07, 6.45) is 1.96. The van der Waals surface area contributed by atoms with Gasteiger partial charge < -0.3 is 9.64 Å². The Balaban J connectivity index is 1.92. The van der Waals surface area contributed by atoms with Gasteiger partial charge in [0.2, 0.25) is 0 Å². The molecule has 1 fully saturated rings. The molecule has 0 radical (unpaired) electrons. The van der Waals surface area contributed by atoms with E-state index in [2.05, 4.69) is 10.2 Å². The van der Waals surface area contributed by atoms with Crippen molar-refractivity contribution in [3.8, 4) is 0 Å². The number of carbonyl (C=O) groups is 1. The van der Waals surface area contributed by atoms with Crippen LogP contribution in [-0.2, 0) is 4.74 Å². The van der Waals surface area contributed by atoms with Crippen molar-refractivity contribution in [2.24, 2.45) is 0 Å². The molecule has 1 saturated heterocycles. The first-order valence-corrected chi connectivity index (χ1v) is 7.59. The summed E-state index contributed by atoms with van der Waals surface area (Å²) in [5.74, 6) is -0.156. The van der Waals surface area contributed by atoms with Crippen molar-refractivity contribution >= 4 is 16.7 Å². The zero-order valence-corrected chi connectivity index (χ0v) is 12.5. The summed E-state index contributed by atoms with van der Waals surface area (Å²) in [5, 5.41) is 7.48. The normalized spacial score (nSPS) is 18.6. The average molecular weight is 301 g/mol. The second-order valence-corrected chi connectivity index (χ2v) is 5.42. The minimum atomic E-state index is -0.280. The van der Waals surface area contributed by atoms with Gasteiger partial charge in [0, 0.05) is 25.1 Å². The van der Waals surface area contributed by atoms with Gasteiger partial charge in [-0.15, -0.1) is 0 Å². The Bertz CT molecular complexity index is 739. The minimum absolute atomic E-state index is 0.0803. The van der Waals surface area contributed by atoms with Gasteiger partial charge in [0.05, 0.1) is 11.5 Å². The maximum atomic E-state index is 12.8. The quantitative estimate of drug-likeness (QED) is 0.933. The third-order valence-electron chi connectivity index (χ3n) is 3.97. The summed E-state index contributed by atoms with van der Waals surface area (Å²) in [5.41, 5.74) is 0.0188. The Morgan fingerprint density at radius 3 is 2.95 bits per heavy atom. The number of aromatic nitrogens is 2. The van der Waals surface area contributed by atoms with Crippen LogP contribution >= 0.6 is 0 Å². The van der Waals surface area contributed by atoms with E-state index in [1.54, 1.807) is 29.2 Å². The number of benzene rings is 1. The van der Waals surface area contributed by atoms with E-state index < -0.39 is 0 Å². The Hall–Kier alpha value is -2.21. The van der Waals surface area contributed by atoms with E-state index in [1.807, 2.05) is 6.92 Å². The van der Waals surface area contributed by atoms with Crippen molar-refractivity contribution < 1.29 is 9.53 Å². The van der Waals surface area contributed by atoms with Crippen LogP contribution in [0.1, 0.15) is 30.3 Å². The molecular formula is C16H19N3O3. The predicted molar refractivity (Wildman–Crippen MR) is 82.9 cm³/mol. The minimum Gasteiger partial charge on any atom is -0.377 e. The lowest BCUT2D eigenvalue weighted by atomic mass is 10.1. The van der Waals surface area contributed by atoms with E-state index in [0.717, 1.165) is 12.8 Å². The lowest BCUT2D eigenvalue weighted by Gasteiger charge is -2.32. The van der Waals surface area contributed by atoms with Crippen molar-refractivity contribution in [2.75, 3.05) is 19.7 Å². The van der Waals surface area contributed by atoms with Gasteiger partial charge in [-0.25, -0.2) is 5.10 Å². The SMILES string of the molecule is CCO[C@@H]1CCCN(C(=O)c2n[nH]c(=O)c3ccccc23)C1. The molecule has 1 aliphatic heterocycles. The number of hydrogen-bond acceptors (Lipinski definition) is 4. The molecule has 0 saturated carbocycles. The Labute approximate surface area is 128 Å². The molecule has 1 atom stereocenters. The molecule has 1 N–H and O–H groups in total. The largest absolute Gasteiger partial charge is 0.377 e. The molecule has 0 unspecified atom stereocenters. The van der Waals surface area contributed by atoms with Crippen LogP contribution < -0.4 is 5.56 Å². The standard InChI is InChI=1S/C16H19N3O3/c1-2-22-11-6-5-9-19(10-11)16(21)14-12-7-3-4-8-13(12)15(20)18-17-14/h3-4,7-8,11H,2,5-6,9-10H2,1H3,(H,18,20)/t11-/m1/s1. The maximum Gasteiger partial charge on any atom is 0.275 e. The van der Waals surface area contributed by atoms with Crippen LogP contribution in [0, 0.1) is 0 Å². The fourth-order valence-corrected chi connectivity index (χ4v) is 2.92. The number of nitrogens with one attached hydrogen (secondary N) is 1. The second-order valence-electron chi connectivity index (χ2n) is 5.42. The number of likely N-dealkylation sites (tertiary alicyclic amines) is 1. The van der Waals surface area contributed by atoms with Crippen molar-refractivity contribution in [3.63, 3.8) is 0 Å². The molecule has 3 rings (SSSR count). The first kappa shape index (κ1) is 14.7. The Kier molecular flexibility index (Phi) is 4.20. The summed E-state index contributed by atoms with van der Waals surface area (Å²) in [4.78, 5) is 26.3. The van der Waals surface area contributed by atoms with Gasteiger partial charge in [-0.05, 0) is 25.8 Å². The van der Waals surface area contributed by atoms with Crippen LogP contribution in [-0.4, -0.2) is 46.8 Å². The third kappa shape index (κ3) is 2.74. The number of nitrogens with zero attached hydrogens (tertiary/aromatic N) is 2. The van der Waals surface area contributed by atoms with E-state index in [4.69, 9.17) is 4.74 Å². The molecule has 22 heavy (non-hydrogen) atoms. The fourth-order valence-electron chi connectivity index (χ4n) is 2.92. The highest BCUT2D eigenvalue weighted by Gasteiger charge is 2.26. The lowest BCUT2D eigenvalue weighted by molar-refractivity contribution is 0.00707. The summed E-state index contributed by atoms with van der Waals surface area (Å²) in [6, 6.07) is 7.04. The predicted octanol–water partition coefficient (Wildman–Crippen LogP) is 1.56. The highest BCUT2D eigenvalue weighted by molar-refractivity contribution is 6.04. The second kappa shape index (κ2) is 6.27. The number of H-pyrrole nitrogens is 1. The van der Waals surface area contributed by atoms with Gasteiger partial charge in [-0.3, -0.25) is 9.59 Å². The van der Waals surface area contributed by atoms with Crippen molar-refractivity contribution in [1.29, 1.82) is 0 Å². The van der Waals surface area contributed by atoms with Crippen LogP contribution in [0.5, 0.6) is 0 Å². The maximum absolute atomic E-state index is 12.8. The molecule has 1 aliphatic rings. The molecule has 2 heterocycles. The van der Waals surface area contributed by atoms with Crippen LogP contribution in [0.4, 0.5) is 0 Å². The number of piperidine rings is 1. The van der Waals surface area contributed by atoms with E-state index in [9.17, 15) is 9.59 Å². The van der Waals surface area contributed by atoms with Crippen LogP contribution in [0.2, 0.25) is 0 Å². The molecule has 1 aromatic heterocycles. The van der Waals surface area contributed by atoms with E-state index in [-0.39, 0.29) is 17.6 Å². The van der Waals surface area contributed by atoms with Gasteiger partial charge in [0.25, 0.3) is 11.5 Å². The van der Waals surface area contributed by atoms with Gasteiger partial charge in [0.15, 0.2) is 5.69 Å². The van der Waals surface area contributed by atoms with E-state index in [1.165, 1.54) is 0 Å². The number of amides is 1. The molecule has 1 amide bonds. The van der Waals surface area contributed by atoms with Crippen molar-refractivity contribution in [1.82, 2.24) is 15.1 Å². The number of aromatic amines is 1. The molecule has 6 nitrogen and oxygen atoms in total. The number of fused-ring (bicyclic) bond motifs is 1. The highest BCUT2D eigenvalue weighted by Crippen LogP contribution is 2.19. The highest BCUT2D eigenvalue weighted by atomic mass is 16.5. The van der Waals surface area contributed by atoms with E-state index in [0.29, 0.717) is 36.2 Å². The fraction of sp³-hybridized carbons (Fsp3) is 0.438. The Morgan fingerprint density at radius 2 is 2.18 bits per heavy atom. The number of rotatable bonds is 3. The molecule has 1 aromatic carbocycles. The van der Waals surface area contributed by atoms with Crippen LogP contribution in [0.25, 0.3) is 10.8 Å². The summed E-state index contributed by atoms with van der Waals surface area (Å²) >= 11 is 0. The van der Waals surface area contributed by atoms with Gasteiger partial charge in [0.1, 0.15) is 0 Å². The molecule has 0 spiro atoms. The van der Waals surface area contributed by atoms with Gasteiger partial charge >= 0.3 is 0 Å². The number of ether oxygens (including phenoxy) is 1. The Morgan fingerprint density at radius 1 is 1.41 bits per heavy atom. The summed E-state index contributed by atoms with van der Waals surface area (Å²) < 4.78 is 5.63. The van der Waals surface area contributed by atoms with Crippen LogP contribution in [0.3, 0.4) is 0 Å². The van der Waals surface area contributed by atoms with Crippen LogP contribution in [0.15, 0.2) is 29.1 Å². The molecule has 2 aromatic rings. The average Bonchev–Trinajstić information content (AvgIpc) is 2.55. The topological polar surface area (TPSA) is 75.3 Å². The smallest absolute Gasteiger partial charge is 0.275 e. The van der Waals surface area contributed by atoms with Crippen molar-refractivity contribution in [3.05, 3.63) is 40.3 Å². The first-order chi connectivity index (χ1) is 10.7. The third-order valence-corrected chi connectivity index (χ3v) is 3.97. The number of carbonyl (C=O) groups excluding carboxylic acids is 1. The summed E-state index contributed by atoms with van der Waals surface area (Å²) in [7, 11) is 0.